The number of aryl methyl sites for hydroxylation is 1. The van der Waals surface area contributed by atoms with Crippen molar-refractivity contribution in [3.8, 4) is 0 Å². The van der Waals surface area contributed by atoms with Crippen LogP contribution in [0.4, 0.5) is 4.79 Å². The highest BCUT2D eigenvalue weighted by atomic mass is 35.5. The van der Waals surface area contributed by atoms with E-state index >= 15 is 0 Å². The number of carboxylic acid groups (broad SMARTS) is 1. The molecule has 0 radical (unpaired) electrons. The molecule has 2 amide bonds. The van der Waals surface area contributed by atoms with E-state index in [1.807, 2.05) is 12.1 Å². The number of rotatable bonds is 6. The van der Waals surface area contributed by atoms with Gasteiger partial charge in [0.05, 0.1) is 11.0 Å². The van der Waals surface area contributed by atoms with Crippen molar-refractivity contribution >= 4 is 34.6 Å². The summed E-state index contributed by atoms with van der Waals surface area (Å²) in [4.78, 5) is 29.0. The van der Waals surface area contributed by atoms with Crippen molar-refractivity contribution in [3.63, 3.8) is 0 Å². The molecular weight excluding hydrogens is 296 g/mol. The minimum Gasteiger partial charge on any atom is -0.480 e. The number of H-pyrrole nitrogens is 1. The van der Waals surface area contributed by atoms with E-state index in [0.717, 1.165) is 16.9 Å². The molecule has 2 aromatic rings. The zero-order valence-corrected chi connectivity index (χ0v) is 11.9. The van der Waals surface area contributed by atoms with Crippen molar-refractivity contribution in [3.05, 3.63) is 29.0 Å². The third-order valence-corrected chi connectivity index (χ3v) is 3.00. The second-order valence-corrected chi connectivity index (χ2v) is 4.89. The lowest BCUT2D eigenvalue weighted by atomic mass is 10.3. The van der Waals surface area contributed by atoms with Gasteiger partial charge in [-0.25, -0.2) is 9.78 Å². The lowest BCUT2D eigenvalue weighted by Crippen LogP contribution is -2.38. The molecule has 0 atom stereocenters. The topological polar surface area (TPSA) is 107 Å². The number of aliphatic carboxylic acids is 1. The van der Waals surface area contributed by atoms with Gasteiger partial charge in [-0.05, 0) is 24.6 Å². The number of fused-ring (bicyclic) bond motifs is 1. The number of benzene rings is 1. The maximum atomic E-state index is 11.2. The Morgan fingerprint density at radius 2 is 2.14 bits per heavy atom. The number of carbonyl (C=O) groups is 2. The van der Waals surface area contributed by atoms with Crippen LogP contribution in [0, 0.1) is 0 Å². The summed E-state index contributed by atoms with van der Waals surface area (Å²) in [7, 11) is 0. The molecule has 1 aromatic heterocycles. The molecule has 0 saturated carbocycles. The number of amides is 2. The summed E-state index contributed by atoms with van der Waals surface area (Å²) in [5.41, 5.74) is 1.73. The van der Waals surface area contributed by atoms with Crippen LogP contribution >= 0.6 is 11.6 Å². The number of hydrogen-bond acceptors (Lipinski definition) is 3. The van der Waals surface area contributed by atoms with Crippen molar-refractivity contribution in [1.29, 1.82) is 0 Å². The molecule has 1 heterocycles. The van der Waals surface area contributed by atoms with Gasteiger partial charge in [0.15, 0.2) is 0 Å². The molecule has 0 fully saturated rings. The third-order valence-electron chi connectivity index (χ3n) is 2.77. The van der Waals surface area contributed by atoms with Gasteiger partial charge in [0, 0.05) is 18.0 Å². The van der Waals surface area contributed by atoms with E-state index < -0.39 is 18.5 Å². The van der Waals surface area contributed by atoms with Crippen molar-refractivity contribution < 1.29 is 14.7 Å². The molecule has 7 nitrogen and oxygen atoms in total. The van der Waals surface area contributed by atoms with Crippen LogP contribution in [0.5, 0.6) is 0 Å². The molecule has 2 rings (SSSR count). The fourth-order valence-electron chi connectivity index (χ4n) is 1.83. The standard InChI is InChI=1S/C13H15ClN4O3/c14-8-3-4-9-10(6-8)18-11(17-9)2-1-5-15-13(21)16-7-12(19)20/h3-4,6H,1-2,5,7H2,(H,17,18)(H,19,20)(H2,15,16,21). The number of carboxylic acids is 1. The highest BCUT2D eigenvalue weighted by Crippen LogP contribution is 2.17. The van der Waals surface area contributed by atoms with Gasteiger partial charge >= 0.3 is 12.0 Å². The van der Waals surface area contributed by atoms with Crippen molar-refractivity contribution in [2.75, 3.05) is 13.1 Å². The number of aromatic nitrogens is 2. The van der Waals surface area contributed by atoms with Crippen molar-refractivity contribution in [1.82, 2.24) is 20.6 Å². The number of nitrogens with one attached hydrogen (secondary N) is 3. The van der Waals surface area contributed by atoms with Gasteiger partial charge in [0.1, 0.15) is 12.4 Å². The smallest absolute Gasteiger partial charge is 0.323 e. The number of halogens is 1. The Kier molecular flexibility index (Phi) is 4.99. The Balaban J connectivity index is 1.75. The Morgan fingerprint density at radius 1 is 1.33 bits per heavy atom. The minimum absolute atomic E-state index is 0.393. The molecule has 1 aromatic carbocycles. The fraction of sp³-hybridized carbons (Fsp3) is 0.308. The van der Waals surface area contributed by atoms with Crippen LogP contribution in [0.3, 0.4) is 0 Å². The minimum atomic E-state index is -1.08. The first-order chi connectivity index (χ1) is 10.0. The number of carbonyl (C=O) groups excluding carboxylic acids is 1. The average Bonchev–Trinajstić information content (AvgIpc) is 2.83. The molecule has 8 heteroatoms. The fourth-order valence-corrected chi connectivity index (χ4v) is 2.00. The predicted octanol–water partition coefficient (Wildman–Crippen LogP) is 1.53. The van der Waals surface area contributed by atoms with Gasteiger partial charge in [-0.3, -0.25) is 4.79 Å². The van der Waals surface area contributed by atoms with Crippen LogP contribution in [0.1, 0.15) is 12.2 Å². The number of nitrogens with zero attached hydrogens (tertiary/aromatic N) is 1. The quantitative estimate of drug-likeness (QED) is 0.607. The largest absolute Gasteiger partial charge is 0.480 e. The first-order valence-electron chi connectivity index (χ1n) is 6.42. The van der Waals surface area contributed by atoms with Crippen LogP contribution in [-0.4, -0.2) is 40.2 Å². The van der Waals surface area contributed by atoms with E-state index in [1.165, 1.54) is 0 Å². The summed E-state index contributed by atoms with van der Waals surface area (Å²) in [6.07, 6.45) is 1.36. The molecule has 0 aliphatic carbocycles. The molecule has 0 aliphatic heterocycles. The van der Waals surface area contributed by atoms with E-state index in [-0.39, 0.29) is 0 Å². The van der Waals surface area contributed by atoms with E-state index in [1.54, 1.807) is 6.07 Å². The van der Waals surface area contributed by atoms with Crippen LogP contribution in [0.25, 0.3) is 11.0 Å². The Hall–Kier alpha value is -2.28. The molecule has 0 aliphatic rings. The highest BCUT2D eigenvalue weighted by molar-refractivity contribution is 6.31. The normalized spacial score (nSPS) is 10.5. The summed E-state index contributed by atoms with van der Waals surface area (Å²) in [6.45, 7) is 0.0411. The molecule has 4 N–H and O–H groups in total. The van der Waals surface area contributed by atoms with Crippen molar-refractivity contribution in [2.24, 2.45) is 0 Å². The zero-order chi connectivity index (χ0) is 15.2. The Bertz CT molecular complexity index is 656. The summed E-state index contributed by atoms with van der Waals surface area (Å²) < 4.78 is 0. The molecule has 0 unspecified atom stereocenters. The van der Waals surface area contributed by atoms with Gasteiger partial charge in [-0.2, -0.15) is 0 Å². The molecule has 0 saturated heterocycles. The molecule has 0 spiro atoms. The lowest BCUT2D eigenvalue weighted by molar-refractivity contribution is -0.135. The summed E-state index contributed by atoms with van der Waals surface area (Å²) in [6, 6.07) is 4.94. The predicted molar refractivity (Wildman–Crippen MR) is 78.5 cm³/mol. The zero-order valence-electron chi connectivity index (χ0n) is 11.1. The van der Waals surface area contributed by atoms with E-state index in [2.05, 4.69) is 20.6 Å². The second-order valence-electron chi connectivity index (χ2n) is 4.45. The molecule has 112 valence electrons. The Labute approximate surface area is 125 Å². The Morgan fingerprint density at radius 3 is 2.90 bits per heavy atom. The van der Waals surface area contributed by atoms with E-state index in [9.17, 15) is 9.59 Å². The van der Waals surface area contributed by atoms with Gasteiger partial charge in [-0.15, -0.1) is 0 Å². The third kappa shape index (κ3) is 4.64. The number of hydrogen-bond donors (Lipinski definition) is 4. The summed E-state index contributed by atoms with van der Waals surface area (Å²) in [5, 5.41) is 13.9. The summed E-state index contributed by atoms with van der Waals surface area (Å²) >= 11 is 5.90. The molecule has 21 heavy (non-hydrogen) atoms. The first-order valence-corrected chi connectivity index (χ1v) is 6.80. The summed E-state index contributed by atoms with van der Waals surface area (Å²) in [5.74, 6) is -0.258. The van der Waals surface area contributed by atoms with Crippen LogP contribution in [-0.2, 0) is 11.2 Å². The number of imidazole rings is 1. The highest BCUT2D eigenvalue weighted by Gasteiger charge is 2.05. The second kappa shape index (κ2) is 6.94. The number of aromatic amines is 1. The van der Waals surface area contributed by atoms with Gasteiger partial charge < -0.3 is 20.7 Å². The van der Waals surface area contributed by atoms with E-state index in [0.29, 0.717) is 24.4 Å². The molecular formula is C13H15ClN4O3. The van der Waals surface area contributed by atoms with Gasteiger partial charge in [-0.1, -0.05) is 11.6 Å². The van der Waals surface area contributed by atoms with Gasteiger partial charge in [0.2, 0.25) is 0 Å². The van der Waals surface area contributed by atoms with Crippen molar-refractivity contribution in [2.45, 2.75) is 12.8 Å². The monoisotopic (exact) mass is 310 g/mol. The van der Waals surface area contributed by atoms with Crippen LogP contribution < -0.4 is 10.6 Å². The first kappa shape index (κ1) is 15.1. The van der Waals surface area contributed by atoms with Gasteiger partial charge in [0.25, 0.3) is 0 Å². The SMILES string of the molecule is O=C(O)CNC(=O)NCCCc1nc2ccc(Cl)cc2[nH]1. The lowest BCUT2D eigenvalue weighted by Gasteiger charge is -2.04. The number of urea groups is 1. The molecule has 0 bridgehead atoms. The maximum Gasteiger partial charge on any atom is 0.323 e. The van der Waals surface area contributed by atoms with Crippen LogP contribution in [0.2, 0.25) is 5.02 Å². The van der Waals surface area contributed by atoms with E-state index in [4.69, 9.17) is 16.7 Å². The average molecular weight is 311 g/mol. The van der Waals surface area contributed by atoms with Crippen LogP contribution in [0.15, 0.2) is 18.2 Å². The maximum absolute atomic E-state index is 11.2.